The highest BCUT2D eigenvalue weighted by atomic mass is 19.4. The van der Waals surface area contributed by atoms with Gasteiger partial charge in [-0.1, -0.05) is 43.2 Å². The van der Waals surface area contributed by atoms with Gasteiger partial charge in [0.2, 0.25) is 0 Å². The Kier molecular flexibility index (Phi) is 4.50. The molecule has 2 aromatic heterocycles. The van der Waals surface area contributed by atoms with Crippen LogP contribution in [0.25, 0.3) is 22.3 Å². The summed E-state index contributed by atoms with van der Waals surface area (Å²) in [6, 6.07) is 9.93. The molecule has 0 aliphatic heterocycles. The van der Waals surface area contributed by atoms with E-state index >= 15 is 0 Å². The fraction of sp³-hybridized carbons (Fsp3) is 0.333. The topological polar surface area (TPSA) is 51.8 Å². The minimum atomic E-state index is -4.53. The van der Waals surface area contributed by atoms with Gasteiger partial charge in [0.1, 0.15) is 0 Å². The van der Waals surface area contributed by atoms with E-state index in [4.69, 9.17) is 5.73 Å². The number of halogens is 3. The van der Waals surface area contributed by atoms with Crippen LogP contribution in [0.15, 0.2) is 36.4 Å². The molecule has 1 aliphatic rings. The zero-order valence-electron chi connectivity index (χ0n) is 14.8. The van der Waals surface area contributed by atoms with Crippen molar-refractivity contribution in [3.63, 3.8) is 0 Å². The molecule has 2 N–H and O–H groups in total. The van der Waals surface area contributed by atoms with Gasteiger partial charge in [-0.15, -0.1) is 0 Å². The highest BCUT2D eigenvalue weighted by Crippen LogP contribution is 2.40. The van der Waals surface area contributed by atoms with Crippen LogP contribution in [0.2, 0.25) is 0 Å². The molecule has 3 nitrogen and oxygen atoms in total. The monoisotopic (exact) mass is 371 g/mol. The maximum absolute atomic E-state index is 13.9. The lowest BCUT2D eigenvalue weighted by atomic mass is 9.93. The standard InChI is InChI=1S/C21H20F3N3/c22-21(23,24)15-12-17(13-8-4-3-5-9-13)27-20-18(15)19(25)14-10-6-1-2-7-11-16(14)26-20/h3-5,8-9,12H,1-2,6-7,10-11H2,(H2,25,26,27). The first-order valence-corrected chi connectivity index (χ1v) is 9.20. The molecule has 1 aromatic carbocycles. The van der Waals surface area contributed by atoms with Crippen LogP contribution in [0.5, 0.6) is 0 Å². The average Bonchev–Trinajstić information content (AvgIpc) is 2.62. The number of aryl methyl sites for hydroxylation is 1. The lowest BCUT2D eigenvalue weighted by Crippen LogP contribution is -2.13. The van der Waals surface area contributed by atoms with Crippen molar-refractivity contribution in [2.45, 2.75) is 44.7 Å². The number of nitrogens with two attached hydrogens (primary N) is 1. The summed E-state index contributed by atoms with van der Waals surface area (Å²) in [6.45, 7) is 0. The number of alkyl halides is 3. The van der Waals surface area contributed by atoms with Crippen molar-refractivity contribution in [2.24, 2.45) is 0 Å². The van der Waals surface area contributed by atoms with E-state index in [1.54, 1.807) is 24.3 Å². The molecular weight excluding hydrogens is 351 g/mol. The van der Waals surface area contributed by atoms with Crippen LogP contribution < -0.4 is 5.73 Å². The van der Waals surface area contributed by atoms with E-state index in [-0.39, 0.29) is 22.4 Å². The van der Waals surface area contributed by atoms with Gasteiger partial charge >= 0.3 is 6.18 Å². The lowest BCUT2D eigenvalue weighted by Gasteiger charge is -2.20. The summed E-state index contributed by atoms with van der Waals surface area (Å²) in [6.07, 6.45) is 0.918. The molecular formula is C21H20F3N3. The van der Waals surface area contributed by atoms with Gasteiger partial charge in [-0.2, -0.15) is 13.2 Å². The Balaban J connectivity index is 2.02. The summed E-state index contributed by atoms with van der Waals surface area (Å²) in [4.78, 5) is 9.00. The highest BCUT2D eigenvalue weighted by Gasteiger charge is 2.35. The largest absolute Gasteiger partial charge is 0.417 e. The van der Waals surface area contributed by atoms with Crippen LogP contribution in [-0.2, 0) is 19.0 Å². The lowest BCUT2D eigenvalue weighted by molar-refractivity contribution is -0.136. The second-order valence-corrected chi connectivity index (χ2v) is 6.98. The Hall–Kier alpha value is -2.63. The van der Waals surface area contributed by atoms with E-state index in [1.807, 2.05) is 6.07 Å². The molecule has 0 unspecified atom stereocenters. The van der Waals surface area contributed by atoms with Gasteiger partial charge in [0.05, 0.1) is 16.6 Å². The molecule has 0 radical (unpaired) electrons. The summed E-state index contributed by atoms with van der Waals surface area (Å²) >= 11 is 0. The van der Waals surface area contributed by atoms with Crippen molar-refractivity contribution in [1.29, 1.82) is 0 Å². The van der Waals surface area contributed by atoms with Gasteiger partial charge < -0.3 is 5.73 Å². The van der Waals surface area contributed by atoms with Crippen LogP contribution in [-0.4, -0.2) is 9.97 Å². The molecule has 4 rings (SSSR count). The molecule has 2 heterocycles. The second-order valence-electron chi connectivity index (χ2n) is 6.98. The van der Waals surface area contributed by atoms with Crippen LogP contribution in [0.3, 0.4) is 0 Å². The van der Waals surface area contributed by atoms with E-state index in [0.717, 1.165) is 49.4 Å². The first-order chi connectivity index (χ1) is 12.9. The van der Waals surface area contributed by atoms with Crippen LogP contribution >= 0.6 is 0 Å². The van der Waals surface area contributed by atoms with Crippen LogP contribution in [0.1, 0.15) is 42.5 Å². The molecule has 1 aliphatic carbocycles. The predicted molar refractivity (Wildman–Crippen MR) is 100 cm³/mol. The molecule has 0 saturated carbocycles. The van der Waals surface area contributed by atoms with E-state index in [9.17, 15) is 13.2 Å². The molecule has 0 fully saturated rings. The molecule has 6 heteroatoms. The Labute approximate surface area is 155 Å². The number of rotatable bonds is 1. The van der Waals surface area contributed by atoms with Crippen LogP contribution in [0.4, 0.5) is 18.9 Å². The maximum Gasteiger partial charge on any atom is 0.417 e. The Bertz CT molecular complexity index is 982. The number of benzene rings is 1. The van der Waals surface area contributed by atoms with E-state index in [0.29, 0.717) is 12.0 Å². The highest BCUT2D eigenvalue weighted by molar-refractivity contribution is 5.95. The molecule has 140 valence electrons. The summed E-state index contributed by atoms with van der Waals surface area (Å²) in [5.74, 6) is 0. The molecule has 27 heavy (non-hydrogen) atoms. The van der Waals surface area contributed by atoms with Crippen molar-refractivity contribution >= 4 is 16.7 Å². The Morgan fingerprint density at radius 3 is 2.30 bits per heavy atom. The minimum absolute atomic E-state index is 0.0681. The number of aromatic nitrogens is 2. The third kappa shape index (κ3) is 3.36. The normalized spacial score (nSPS) is 15.2. The fourth-order valence-corrected chi connectivity index (χ4v) is 3.79. The van der Waals surface area contributed by atoms with E-state index in [2.05, 4.69) is 9.97 Å². The van der Waals surface area contributed by atoms with Crippen molar-refractivity contribution in [3.8, 4) is 11.3 Å². The van der Waals surface area contributed by atoms with Gasteiger partial charge in [-0.25, -0.2) is 9.97 Å². The molecule has 0 bridgehead atoms. The number of nitrogens with zero attached hydrogens (tertiary/aromatic N) is 2. The third-order valence-corrected chi connectivity index (χ3v) is 5.15. The molecule has 0 saturated heterocycles. The predicted octanol–water partition coefficient (Wildman–Crippen LogP) is 5.56. The molecule has 3 aromatic rings. The van der Waals surface area contributed by atoms with Gasteiger partial charge in [0.15, 0.2) is 5.65 Å². The van der Waals surface area contributed by atoms with Crippen molar-refractivity contribution < 1.29 is 13.2 Å². The fourth-order valence-electron chi connectivity index (χ4n) is 3.79. The summed E-state index contributed by atoms with van der Waals surface area (Å²) < 4.78 is 41.6. The quantitative estimate of drug-likeness (QED) is 0.609. The summed E-state index contributed by atoms with van der Waals surface area (Å²) in [5, 5.41) is -0.0681. The zero-order valence-corrected chi connectivity index (χ0v) is 14.8. The molecule has 0 atom stereocenters. The van der Waals surface area contributed by atoms with Gasteiger partial charge in [-0.3, -0.25) is 0 Å². The first-order valence-electron chi connectivity index (χ1n) is 9.20. The number of hydrogen-bond donors (Lipinski definition) is 1. The average molecular weight is 371 g/mol. The van der Waals surface area contributed by atoms with Crippen molar-refractivity contribution in [1.82, 2.24) is 9.97 Å². The van der Waals surface area contributed by atoms with Crippen LogP contribution in [0, 0.1) is 0 Å². The molecule has 0 amide bonds. The summed E-state index contributed by atoms with van der Waals surface area (Å²) in [7, 11) is 0. The smallest absolute Gasteiger partial charge is 0.398 e. The SMILES string of the molecule is Nc1c2c(nc3nc(-c4ccccc4)cc(C(F)(F)F)c13)CCCCCC2. The van der Waals surface area contributed by atoms with E-state index in [1.165, 1.54) is 0 Å². The third-order valence-electron chi connectivity index (χ3n) is 5.15. The van der Waals surface area contributed by atoms with Gasteiger partial charge in [0, 0.05) is 16.9 Å². The number of anilines is 1. The minimum Gasteiger partial charge on any atom is -0.398 e. The zero-order chi connectivity index (χ0) is 19.0. The second kappa shape index (κ2) is 6.83. The number of pyridine rings is 2. The molecule has 0 spiro atoms. The van der Waals surface area contributed by atoms with E-state index < -0.39 is 11.7 Å². The Morgan fingerprint density at radius 2 is 1.59 bits per heavy atom. The Morgan fingerprint density at radius 1 is 0.889 bits per heavy atom. The first kappa shape index (κ1) is 17.8. The van der Waals surface area contributed by atoms with Gasteiger partial charge in [0.25, 0.3) is 0 Å². The van der Waals surface area contributed by atoms with Crippen molar-refractivity contribution in [2.75, 3.05) is 5.73 Å². The number of hydrogen-bond acceptors (Lipinski definition) is 3. The van der Waals surface area contributed by atoms with Gasteiger partial charge in [-0.05, 0) is 37.3 Å². The summed E-state index contributed by atoms with van der Waals surface area (Å²) in [5.41, 5.74) is 8.22. The van der Waals surface area contributed by atoms with Crippen molar-refractivity contribution in [3.05, 3.63) is 53.2 Å². The number of fused-ring (bicyclic) bond motifs is 2. The number of nitrogen functional groups attached to an aromatic ring is 1. The maximum atomic E-state index is 13.9.